The Morgan fingerprint density at radius 3 is 2.76 bits per heavy atom. The first-order valence-corrected chi connectivity index (χ1v) is 7.79. The molecular weight excluding hydrogens is 262 g/mol. The van der Waals surface area contributed by atoms with Crippen LogP contribution in [0.25, 0.3) is 5.69 Å². The molecule has 0 amide bonds. The predicted octanol–water partition coefficient (Wildman–Crippen LogP) is 2.61. The Morgan fingerprint density at radius 1 is 1.19 bits per heavy atom. The minimum atomic E-state index is 0.292. The number of rotatable bonds is 5. The maximum atomic E-state index is 9.21. The second-order valence-electron chi connectivity index (χ2n) is 5.77. The highest BCUT2D eigenvalue weighted by Gasteiger charge is 2.21. The minimum Gasteiger partial charge on any atom is -0.396 e. The van der Waals surface area contributed by atoms with E-state index in [0.29, 0.717) is 12.6 Å². The van der Waals surface area contributed by atoms with E-state index < -0.39 is 0 Å². The molecule has 2 heterocycles. The molecule has 1 saturated heterocycles. The van der Waals surface area contributed by atoms with Crippen molar-refractivity contribution >= 4 is 0 Å². The van der Waals surface area contributed by atoms with E-state index in [4.69, 9.17) is 0 Å². The number of hydrogen-bond donors (Lipinski definition) is 1. The van der Waals surface area contributed by atoms with Crippen molar-refractivity contribution in [2.45, 2.75) is 38.3 Å². The van der Waals surface area contributed by atoms with Crippen LogP contribution in [0.3, 0.4) is 0 Å². The lowest BCUT2D eigenvalue weighted by Gasteiger charge is -2.35. The summed E-state index contributed by atoms with van der Waals surface area (Å²) >= 11 is 0. The Bertz CT molecular complexity index is 534. The molecule has 1 aromatic carbocycles. The van der Waals surface area contributed by atoms with Gasteiger partial charge in [-0.3, -0.25) is 4.90 Å². The molecule has 1 aromatic heterocycles. The lowest BCUT2D eigenvalue weighted by atomic mass is 9.99. The van der Waals surface area contributed by atoms with Gasteiger partial charge < -0.3 is 9.67 Å². The molecule has 1 fully saturated rings. The molecule has 1 aliphatic rings. The van der Waals surface area contributed by atoms with Crippen molar-refractivity contribution in [2.24, 2.45) is 0 Å². The Balaban J connectivity index is 1.66. The van der Waals surface area contributed by atoms with Gasteiger partial charge in [0.25, 0.3) is 0 Å². The zero-order valence-electron chi connectivity index (χ0n) is 12.4. The topological polar surface area (TPSA) is 41.3 Å². The summed E-state index contributed by atoms with van der Waals surface area (Å²) in [6.45, 7) is 2.42. The van der Waals surface area contributed by atoms with Crippen molar-refractivity contribution in [3.8, 4) is 5.69 Å². The van der Waals surface area contributed by atoms with Gasteiger partial charge >= 0.3 is 0 Å². The molecule has 112 valence electrons. The fraction of sp³-hybridized carbons (Fsp3) is 0.471. The standard InChI is InChI=1S/C17H23N3O/c21-12-8-16-3-1-2-10-19(16)13-15-4-6-17(7-5-15)20-11-9-18-14-20/h4-7,9,11,14,16,21H,1-3,8,10,12-13H2. The largest absolute Gasteiger partial charge is 0.396 e. The van der Waals surface area contributed by atoms with Gasteiger partial charge in [0.15, 0.2) is 0 Å². The van der Waals surface area contributed by atoms with Crippen LogP contribution in [0.1, 0.15) is 31.2 Å². The monoisotopic (exact) mass is 285 g/mol. The van der Waals surface area contributed by atoms with Gasteiger partial charge in [-0.25, -0.2) is 4.98 Å². The van der Waals surface area contributed by atoms with Crippen LogP contribution in [-0.2, 0) is 6.54 Å². The van der Waals surface area contributed by atoms with Crippen molar-refractivity contribution in [2.75, 3.05) is 13.2 Å². The Kier molecular flexibility index (Phi) is 4.68. The molecule has 2 aromatic rings. The second kappa shape index (κ2) is 6.87. The SMILES string of the molecule is OCCC1CCCCN1Cc1ccc(-n2ccnc2)cc1. The first-order chi connectivity index (χ1) is 10.4. The molecule has 0 aliphatic carbocycles. The zero-order valence-corrected chi connectivity index (χ0v) is 12.4. The molecule has 1 atom stereocenters. The van der Waals surface area contributed by atoms with E-state index >= 15 is 0 Å². The van der Waals surface area contributed by atoms with E-state index in [1.54, 1.807) is 6.20 Å². The van der Waals surface area contributed by atoms with Crippen LogP contribution in [-0.4, -0.2) is 38.8 Å². The second-order valence-corrected chi connectivity index (χ2v) is 5.77. The van der Waals surface area contributed by atoms with Gasteiger partial charge in [0, 0.05) is 37.3 Å². The lowest BCUT2D eigenvalue weighted by molar-refractivity contribution is 0.112. The molecule has 21 heavy (non-hydrogen) atoms. The average molecular weight is 285 g/mol. The van der Waals surface area contributed by atoms with Crippen molar-refractivity contribution in [1.29, 1.82) is 0 Å². The number of likely N-dealkylation sites (tertiary alicyclic amines) is 1. The van der Waals surface area contributed by atoms with E-state index in [1.807, 2.05) is 17.1 Å². The molecule has 4 heteroatoms. The lowest BCUT2D eigenvalue weighted by Crippen LogP contribution is -2.39. The van der Waals surface area contributed by atoms with Crippen LogP contribution in [0.5, 0.6) is 0 Å². The molecule has 0 radical (unpaired) electrons. The number of piperidine rings is 1. The number of aromatic nitrogens is 2. The number of imidazole rings is 1. The predicted molar refractivity (Wildman–Crippen MR) is 83.3 cm³/mol. The molecule has 1 aliphatic heterocycles. The summed E-state index contributed by atoms with van der Waals surface area (Å²) in [7, 11) is 0. The van der Waals surface area contributed by atoms with Gasteiger partial charge in [0.1, 0.15) is 0 Å². The molecule has 0 bridgehead atoms. The van der Waals surface area contributed by atoms with Crippen LogP contribution in [0.4, 0.5) is 0 Å². The third-order valence-corrected chi connectivity index (χ3v) is 4.34. The molecule has 4 nitrogen and oxygen atoms in total. The van der Waals surface area contributed by atoms with Crippen molar-refractivity contribution in [3.05, 3.63) is 48.5 Å². The molecular formula is C17H23N3O. The molecule has 1 unspecified atom stereocenters. The van der Waals surface area contributed by atoms with Gasteiger partial charge in [0.2, 0.25) is 0 Å². The number of benzene rings is 1. The Labute approximate surface area is 126 Å². The summed E-state index contributed by atoms with van der Waals surface area (Å²) in [6, 6.07) is 9.21. The number of aliphatic hydroxyl groups is 1. The van der Waals surface area contributed by atoms with E-state index in [-0.39, 0.29) is 0 Å². The van der Waals surface area contributed by atoms with Crippen molar-refractivity contribution in [1.82, 2.24) is 14.5 Å². The van der Waals surface area contributed by atoms with Crippen LogP contribution in [0.15, 0.2) is 43.0 Å². The fourth-order valence-corrected chi connectivity index (χ4v) is 3.16. The van der Waals surface area contributed by atoms with Gasteiger partial charge in [0.05, 0.1) is 6.33 Å². The number of hydrogen-bond acceptors (Lipinski definition) is 3. The summed E-state index contributed by atoms with van der Waals surface area (Å²) in [6.07, 6.45) is 10.2. The Morgan fingerprint density at radius 2 is 2.05 bits per heavy atom. The summed E-state index contributed by atoms with van der Waals surface area (Å²) < 4.78 is 2.01. The molecule has 0 spiro atoms. The summed E-state index contributed by atoms with van der Waals surface area (Å²) in [5.74, 6) is 0. The molecule has 1 N–H and O–H groups in total. The normalized spacial score (nSPS) is 19.8. The van der Waals surface area contributed by atoms with Crippen molar-refractivity contribution in [3.63, 3.8) is 0 Å². The van der Waals surface area contributed by atoms with E-state index in [0.717, 1.165) is 25.2 Å². The maximum Gasteiger partial charge on any atom is 0.0991 e. The average Bonchev–Trinajstić information content (AvgIpc) is 3.05. The highest BCUT2D eigenvalue weighted by molar-refractivity contribution is 5.34. The fourth-order valence-electron chi connectivity index (χ4n) is 3.16. The Hall–Kier alpha value is -1.65. The summed E-state index contributed by atoms with van der Waals surface area (Å²) in [5.41, 5.74) is 2.48. The van der Waals surface area contributed by atoms with Gasteiger partial charge in [-0.15, -0.1) is 0 Å². The highest BCUT2D eigenvalue weighted by atomic mass is 16.3. The van der Waals surface area contributed by atoms with Gasteiger partial charge in [-0.1, -0.05) is 18.6 Å². The van der Waals surface area contributed by atoms with Gasteiger partial charge in [-0.05, 0) is 43.5 Å². The quantitative estimate of drug-likeness (QED) is 0.918. The zero-order chi connectivity index (χ0) is 14.5. The minimum absolute atomic E-state index is 0.292. The highest BCUT2D eigenvalue weighted by Crippen LogP contribution is 2.22. The maximum absolute atomic E-state index is 9.21. The van der Waals surface area contributed by atoms with E-state index in [9.17, 15) is 5.11 Å². The summed E-state index contributed by atoms with van der Waals surface area (Å²) in [5, 5.41) is 9.21. The van der Waals surface area contributed by atoms with Crippen molar-refractivity contribution < 1.29 is 5.11 Å². The van der Waals surface area contributed by atoms with Gasteiger partial charge in [-0.2, -0.15) is 0 Å². The molecule has 3 rings (SSSR count). The van der Waals surface area contributed by atoms with E-state index in [1.165, 1.54) is 24.8 Å². The first kappa shape index (κ1) is 14.3. The van der Waals surface area contributed by atoms with Crippen LogP contribution in [0.2, 0.25) is 0 Å². The summed E-state index contributed by atoms with van der Waals surface area (Å²) in [4.78, 5) is 6.60. The van der Waals surface area contributed by atoms with Crippen LogP contribution in [0, 0.1) is 0 Å². The third kappa shape index (κ3) is 3.52. The number of aliphatic hydroxyl groups excluding tert-OH is 1. The molecule has 0 saturated carbocycles. The third-order valence-electron chi connectivity index (χ3n) is 4.34. The first-order valence-electron chi connectivity index (χ1n) is 7.79. The van der Waals surface area contributed by atoms with Crippen LogP contribution < -0.4 is 0 Å². The van der Waals surface area contributed by atoms with Crippen LogP contribution >= 0.6 is 0 Å². The van der Waals surface area contributed by atoms with E-state index in [2.05, 4.69) is 34.1 Å². The number of nitrogens with zero attached hydrogens (tertiary/aromatic N) is 3. The smallest absolute Gasteiger partial charge is 0.0991 e.